The van der Waals surface area contributed by atoms with Crippen LogP contribution in [0.1, 0.15) is 5.56 Å². The molecule has 0 aliphatic carbocycles. The molecule has 0 atom stereocenters. The van der Waals surface area contributed by atoms with Crippen molar-refractivity contribution in [1.29, 1.82) is 0 Å². The van der Waals surface area contributed by atoms with Crippen molar-refractivity contribution in [3.8, 4) is 17.4 Å². The molecule has 0 saturated heterocycles. The van der Waals surface area contributed by atoms with E-state index in [1.54, 1.807) is 31.5 Å². The number of nitrogens with zero attached hydrogens (tertiary/aromatic N) is 4. The first-order valence-corrected chi connectivity index (χ1v) is 9.03. The van der Waals surface area contributed by atoms with Crippen molar-refractivity contribution in [3.05, 3.63) is 82.8 Å². The zero-order valence-corrected chi connectivity index (χ0v) is 16.0. The van der Waals surface area contributed by atoms with Crippen LogP contribution < -0.4 is 14.8 Å². The third kappa shape index (κ3) is 3.95. The molecule has 9 heteroatoms. The van der Waals surface area contributed by atoms with Crippen molar-refractivity contribution in [2.24, 2.45) is 0 Å². The molecule has 0 fully saturated rings. The van der Waals surface area contributed by atoms with Crippen molar-refractivity contribution in [2.75, 3.05) is 12.4 Å². The predicted octanol–water partition coefficient (Wildman–Crippen LogP) is 4.35. The number of ether oxygens (including phenoxy) is 2. The lowest BCUT2D eigenvalue weighted by molar-refractivity contribution is -0.385. The van der Waals surface area contributed by atoms with Gasteiger partial charge in [-0.3, -0.25) is 15.1 Å². The molecule has 9 nitrogen and oxygen atoms in total. The number of anilines is 1. The lowest BCUT2D eigenvalue weighted by Crippen LogP contribution is -2.07. The Bertz CT molecular complexity index is 1190. The number of pyridine rings is 1. The van der Waals surface area contributed by atoms with Crippen LogP contribution in [0.2, 0.25) is 0 Å². The first kappa shape index (κ1) is 19.1. The van der Waals surface area contributed by atoms with Crippen LogP contribution in [0.15, 0.2) is 67.1 Å². The fraction of sp³-hybridized carbons (Fsp3) is 0.0952. The summed E-state index contributed by atoms with van der Waals surface area (Å²) in [4.78, 5) is 23.5. The van der Waals surface area contributed by atoms with Crippen LogP contribution in [-0.2, 0) is 6.54 Å². The molecule has 4 aromatic rings. The van der Waals surface area contributed by atoms with Gasteiger partial charge in [0.15, 0.2) is 5.75 Å². The molecule has 0 saturated carbocycles. The number of fused-ring (bicyclic) bond motifs is 1. The van der Waals surface area contributed by atoms with Crippen LogP contribution in [-0.4, -0.2) is 27.0 Å². The summed E-state index contributed by atoms with van der Waals surface area (Å²) in [5.74, 6) is 1.00. The Morgan fingerprint density at radius 2 is 1.83 bits per heavy atom. The summed E-state index contributed by atoms with van der Waals surface area (Å²) in [6.07, 6.45) is 2.85. The van der Waals surface area contributed by atoms with Crippen LogP contribution in [0.5, 0.6) is 17.4 Å². The molecule has 2 aromatic carbocycles. The Morgan fingerprint density at radius 1 is 1.03 bits per heavy atom. The molecule has 2 heterocycles. The highest BCUT2D eigenvalue weighted by Gasteiger charge is 2.25. The Kier molecular flexibility index (Phi) is 5.33. The van der Waals surface area contributed by atoms with Crippen LogP contribution in [0, 0.1) is 10.1 Å². The second kappa shape index (κ2) is 8.39. The second-order valence-electron chi connectivity index (χ2n) is 6.27. The second-order valence-corrected chi connectivity index (χ2v) is 6.27. The van der Waals surface area contributed by atoms with Gasteiger partial charge < -0.3 is 14.8 Å². The van der Waals surface area contributed by atoms with Crippen molar-refractivity contribution in [2.45, 2.75) is 6.54 Å². The van der Waals surface area contributed by atoms with Crippen molar-refractivity contribution in [1.82, 2.24) is 15.0 Å². The Morgan fingerprint density at radius 3 is 2.60 bits per heavy atom. The Balaban J connectivity index is 1.63. The number of hydrogen-bond donors (Lipinski definition) is 1. The zero-order chi connectivity index (χ0) is 20.9. The quantitative estimate of drug-likeness (QED) is 0.358. The average molecular weight is 403 g/mol. The SMILES string of the molecule is COc1ccc(CNc2ncnc(Oc3cccc4cccnc34)c2[N+](=O)[O-])cc1. The van der Waals surface area contributed by atoms with E-state index in [4.69, 9.17) is 9.47 Å². The molecule has 0 unspecified atom stereocenters. The third-order valence-corrected chi connectivity index (χ3v) is 4.39. The summed E-state index contributed by atoms with van der Waals surface area (Å²) in [7, 11) is 1.59. The Hall–Kier alpha value is -4.27. The maximum Gasteiger partial charge on any atom is 0.373 e. The standard InChI is InChI=1S/C21H17N5O4/c1-29-16-9-7-14(8-10-16)12-23-20-19(26(27)28)21(25-13-24-20)30-17-6-2-4-15-5-3-11-22-18(15)17/h2-11,13H,12H2,1H3,(H,23,24,25). The van der Waals surface area contributed by atoms with Gasteiger partial charge >= 0.3 is 11.6 Å². The van der Waals surface area contributed by atoms with E-state index in [0.717, 1.165) is 16.7 Å². The van der Waals surface area contributed by atoms with Crippen LogP contribution in [0.4, 0.5) is 11.5 Å². The Labute approximate surface area is 171 Å². The zero-order valence-electron chi connectivity index (χ0n) is 16.0. The lowest BCUT2D eigenvalue weighted by Gasteiger charge is -2.10. The summed E-state index contributed by atoms with van der Waals surface area (Å²) in [6.45, 7) is 0.330. The molecular formula is C21H17N5O4. The predicted molar refractivity (Wildman–Crippen MR) is 111 cm³/mol. The topological polar surface area (TPSA) is 112 Å². The summed E-state index contributed by atoms with van der Waals surface area (Å²) in [5, 5.41) is 15.6. The van der Waals surface area contributed by atoms with Crippen molar-refractivity contribution < 1.29 is 14.4 Å². The van der Waals surface area contributed by atoms with E-state index in [2.05, 4.69) is 20.3 Å². The van der Waals surface area contributed by atoms with Crippen molar-refractivity contribution in [3.63, 3.8) is 0 Å². The van der Waals surface area contributed by atoms with Crippen LogP contribution in [0.25, 0.3) is 10.9 Å². The van der Waals surface area contributed by atoms with E-state index in [1.807, 2.05) is 36.4 Å². The summed E-state index contributed by atoms with van der Waals surface area (Å²) in [6, 6.07) is 16.4. The number of benzene rings is 2. The number of rotatable bonds is 7. The summed E-state index contributed by atoms with van der Waals surface area (Å²) >= 11 is 0. The monoisotopic (exact) mass is 403 g/mol. The number of para-hydroxylation sites is 1. The number of hydrogen-bond acceptors (Lipinski definition) is 8. The maximum atomic E-state index is 11.8. The van der Waals surface area contributed by atoms with E-state index in [1.165, 1.54) is 6.33 Å². The van der Waals surface area contributed by atoms with Gasteiger partial charge in [0.2, 0.25) is 5.82 Å². The van der Waals surface area contributed by atoms with Gasteiger partial charge in [0.1, 0.15) is 17.6 Å². The largest absolute Gasteiger partial charge is 0.497 e. The van der Waals surface area contributed by atoms with E-state index in [9.17, 15) is 10.1 Å². The molecule has 1 N–H and O–H groups in total. The van der Waals surface area contributed by atoms with E-state index >= 15 is 0 Å². The maximum absolute atomic E-state index is 11.8. The van der Waals surface area contributed by atoms with E-state index in [0.29, 0.717) is 17.8 Å². The molecule has 150 valence electrons. The molecule has 0 aliphatic rings. The van der Waals surface area contributed by atoms with Gasteiger partial charge in [-0.2, -0.15) is 4.98 Å². The number of methoxy groups -OCH3 is 1. The molecule has 30 heavy (non-hydrogen) atoms. The van der Waals surface area contributed by atoms with Gasteiger partial charge in [0, 0.05) is 18.1 Å². The fourth-order valence-electron chi connectivity index (χ4n) is 2.92. The smallest absolute Gasteiger partial charge is 0.373 e. The molecule has 0 spiro atoms. The molecule has 4 rings (SSSR count). The highest BCUT2D eigenvalue weighted by atomic mass is 16.6. The highest BCUT2D eigenvalue weighted by Crippen LogP contribution is 2.36. The van der Waals surface area contributed by atoms with E-state index in [-0.39, 0.29) is 17.4 Å². The number of aromatic nitrogens is 3. The third-order valence-electron chi connectivity index (χ3n) is 4.39. The fourth-order valence-corrected chi connectivity index (χ4v) is 2.92. The van der Waals surface area contributed by atoms with Gasteiger partial charge in [0.05, 0.1) is 12.0 Å². The van der Waals surface area contributed by atoms with Gasteiger partial charge in [0.25, 0.3) is 0 Å². The van der Waals surface area contributed by atoms with Gasteiger partial charge in [-0.1, -0.05) is 30.3 Å². The molecule has 0 amide bonds. The molecule has 0 radical (unpaired) electrons. The summed E-state index contributed by atoms with van der Waals surface area (Å²) < 4.78 is 10.9. The molecule has 0 aliphatic heterocycles. The average Bonchev–Trinajstić information content (AvgIpc) is 2.78. The minimum absolute atomic E-state index is 0.0639. The number of nitrogens with one attached hydrogen (secondary N) is 1. The van der Waals surface area contributed by atoms with Gasteiger partial charge in [-0.05, 0) is 29.8 Å². The van der Waals surface area contributed by atoms with Gasteiger partial charge in [-0.15, -0.1) is 0 Å². The van der Waals surface area contributed by atoms with Crippen LogP contribution >= 0.6 is 0 Å². The highest BCUT2D eigenvalue weighted by molar-refractivity contribution is 5.84. The normalized spacial score (nSPS) is 10.6. The molecular weight excluding hydrogens is 386 g/mol. The van der Waals surface area contributed by atoms with Crippen LogP contribution in [0.3, 0.4) is 0 Å². The molecule has 0 bridgehead atoms. The van der Waals surface area contributed by atoms with Crippen molar-refractivity contribution >= 4 is 22.4 Å². The lowest BCUT2D eigenvalue weighted by atomic mass is 10.2. The first-order valence-electron chi connectivity index (χ1n) is 9.03. The van der Waals surface area contributed by atoms with E-state index < -0.39 is 4.92 Å². The minimum atomic E-state index is -0.565. The minimum Gasteiger partial charge on any atom is -0.497 e. The summed E-state index contributed by atoms with van der Waals surface area (Å²) in [5.41, 5.74) is 1.14. The molecule has 2 aromatic heterocycles. The number of nitro groups is 1. The first-order chi connectivity index (χ1) is 14.7. The van der Waals surface area contributed by atoms with Gasteiger partial charge in [-0.25, -0.2) is 4.98 Å².